The number of fused-ring (bicyclic) bond motifs is 1. The van der Waals surface area contributed by atoms with Gasteiger partial charge < -0.3 is 0 Å². The highest BCUT2D eigenvalue weighted by molar-refractivity contribution is 7.19. The molecule has 4 aromatic rings. The first kappa shape index (κ1) is 19.2. The minimum Gasteiger partial charge on any atom is -0.298 e. The lowest BCUT2D eigenvalue weighted by Gasteiger charge is -2.06. The third-order valence-electron chi connectivity index (χ3n) is 4.50. The number of hydrogen-bond donors (Lipinski definition) is 1. The van der Waals surface area contributed by atoms with Crippen molar-refractivity contribution in [2.24, 2.45) is 0 Å². The summed E-state index contributed by atoms with van der Waals surface area (Å²) < 4.78 is 28.4. The number of halogens is 2. The Morgan fingerprint density at radius 3 is 2.45 bits per heavy atom. The molecule has 0 radical (unpaired) electrons. The van der Waals surface area contributed by atoms with Gasteiger partial charge in [-0.3, -0.25) is 14.7 Å². The second-order valence-electron chi connectivity index (χ2n) is 6.84. The van der Waals surface area contributed by atoms with Gasteiger partial charge in [0.15, 0.2) is 11.0 Å². The highest BCUT2D eigenvalue weighted by atomic mass is 32.1. The maximum absolute atomic E-state index is 13.8. The third kappa shape index (κ3) is 3.63. The van der Waals surface area contributed by atoms with Gasteiger partial charge in [-0.1, -0.05) is 40.7 Å². The van der Waals surface area contributed by atoms with E-state index in [1.807, 2.05) is 19.9 Å². The SMILES string of the molecule is Cc1cc(C)cc(C(=O)Nc2nc(C)c(-c3nc4ccccc4n3C(F)F)s2)c1. The molecule has 1 amide bonds. The second kappa shape index (κ2) is 7.36. The molecule has 2 heterocycles. The van der Waals surface area contributed by atoms with Gasteiger partial charge in [0, 0.05) is 5.56 Å². The van der Waals surface area contributed by atoms with Crippen LogP contribution >= 0.6 is 11.3 Å². The Labute approximate surface area is 170 Å². The van der Waals surface area contributed by atoms with E-state index in [1.165, 1.54) is 0 Å². The summed E-state index contributed by atoms with van der Waals surface area (Å²) in [4.78, 5) is 21.8. The standard InChI is InChI=1S/C21H18F2N4OS/c1-11-8-12(2)10-14(9-11)19(28)26-21-24-13(3)17(29-21)18-25-15-6-4-5-7-16(15)27(18)20(22)23/h4-10,20H,1-3H3,(H,24,26,28). The number of aryl methyl sites for hydroxylation is 3. The average Bonchev–Trinajstić information content (AvgIpc) is 3.20. The van der Waals surface area contributed by atoms with Crippen LogP contribution in [0.1, 0.15) is 33.7 Å². The van der Waals surface area contributed by atoms with Gasteiger partial charge in [-0.25, -0.2) is 9.97 Å². The number of imidazole rings is 1. The van der Waals surface area contributed by atoms with Gasteiger partial charge >= 0.3 is 6.55 Å². The number of para-hydroxylation sites is 2. The molecule has 0 saturated carbocycles. The number of rotatable bonds is 4. The van der Waals surface area contributed by atoms with Crippen LogP contribution in [0.2, 0.25) is 0 Å². The zero-order chi connectivity index (χ0) is 20.7. The Morgan fingerprint density at radius 1 is 1.07 bits per heavy atom. The monoisotopic (exact) mass is 412 g/mol. The molecule has 0 aliphatic carbocycles. The molecule has 0 spiro atoms. The molecule has 1 N–H and O–H groups in total. The van der Waals surface area contributed by atoms with Crippen molar-refractivity contribution < 1.29 is 13.6 Å². The third-order valence-corrected chi connectivity index (χ3v) is 5.56. The number of amides is 1. The van der Waals surface area contributed by atoms with Gasteiger partial charge in [-0.05, 0) is 45.0 Å². The highest BCUT2D eigenvalue weighted by Crippen LogP contribution is 2.36. The van der Waals surface area contributed by atoms with E-state index in [2.05, 4.69) is 15.3 Å². The van der Waals surface area contributed by atoms with Crippen LogP contribution in [0.3, 0.4) is 0 Å². The number of carbonyl (C=O) groups is 1. The summed E-state index contributed by atoms with van der Waals surface area (Å²) in [5.74, 6) is -0.150. The summed E-state index contributed by atoms with van der Waals surface area (Å²) in [5, 5.41) is 3.11. The molecular weight excluding hydrogens is 394 g/mol. The summed E-state index contributed by atoms with van der Waals surface area (Å²) in [7, 11) is 0. The van der Waals surface area contributed by atoms with Crippen LogP contribution in [-0.2, 0) is 0 Å². The van der Waals surface area contributed by atoms with Gasteiger partial charge in [0.1, 0.15) is 0 Å². The van der Waals surface area contributed by atoms with Gasteiger partial charge in [0.25, 0.3) is 5.91 Å². The number of nitrogens with zero attached hydrogens (tertiary/aromatic N) is 3. The van der Waals surface area contributed by atoms with E-state index in [1.54, 1.807) is 43.3 Å². The Balaban J connectivity index is 1.71. The smallest absolute Gasteiger partial charge is 0.298 e. The Bertz CT molecular complexity index is 1210. The van der Waals surface area contributed by atoms with E-state index in [0.29, 0.717) is 32.3 Å². The molecular formula is C21H18F2N4OS. The molecule has 0 aliphatic heterocycles. The number of anilines is 1. The van der Waals surface area contributed by atoms with E-state index < -0.39 is 6.55 Å². The molecule has 2 aromatic heterocycles. The molecule has 0 unspecified atom stereocenters. The van der Waals surface area contributed by atoms with Crippen LogP contribution in [0, 0.1) is 20.8 Å². The molecule has 2 aromatic carbocycles. The first-order chi connectivity index (χ1) is 13.8. The van der Waals surface area contributed by atoms with Crippen molar-refractivity contribution in [3.63, 3.8) is 0 Å². The average molecular weight is 412 g/mol. The minimum atomic E-state index is -2.74. The van der Waals surface area contributed by atoms with E-state index in [0.717, 1.165) is 27.0 Å². The normalized spacial score (nSPS) is 11.4. The lowest BCUT2D eigenvalue weighted by atomic mass is 10.1. The van der Waals surface area contributed by atoms with Crippen molar-refractivity contribution in [3.05, 3.63) is 64.8 Å². The highest BCUT2D eigenvalue weighted by Gasteiger charge is 2.23. The van der Waals surface area contributed by atoms with Gasteiger partial charge in [0.05, 0.1) is 21.6 Å². The second-order valence-corrected chi connectivity index (χ2v) is 7.83. The van der Waals surface area contributed by atoms with Crippen molar-refractivity contribution in [3.8, 4) is 10.7 Å². The Morgan fingerprint density at radius 2 is 1.76 bits per heavy atom. The molecule has 0 atom stereocenters. The van der Waals surface area contributed by atoms with Crippen molar-refractivity contribution >= 4 is 33.4 Å². The summed E-state index contributed by atoms with van der Waals surface area (Å²) in [6.45, 7) is 2.81. The number of alkyl halides is 2. The molecule has 0 saturated heterocycles. The van der Waals surface area contributed by atoms with Crippen molar-refractivity contribution in [2.75, 3.05) is 5.32 Å². The number of thiazole rings is 1. The Hall–Kier alpha value is -3.13. The van der Waals surface area contributed by atoms with Crippen LogP contribution in [0.4, 0.5) is 13.9 Å². The largest absolute Gasteiger partial charge is 0.320 e. The zero-order valence-electron chi connectivity index (χ0n) is 16.0. The molecule has 148 valence electrons. The topological polar surface area (TPSA) is 59.8 Å². The number of nitrogens with one attached hydrogen (secondary N) is 1. The van der Waals surface area contributed by atoms with E-state index in [9.17, 15) is 13.6 Å². The molecule has 5 nitrogen and oxygen atoms in total. The predicted octanol–water partition coefficient (Wildman–Crippen LogP) is 5.73. The van der Waals surface area contributed by atoms with Crippen LogP contribution in [0.25, 0.3) is 21.7 Å². The van der Waals surface area contributed by atoms with Crippen LogP contribution in [0.15, 0.2) is 42.5 Å². The van der Waals surface area contributed by atoms with Crippen LogP contribution < -0.4 is 5.32 Å². The lowest BCUT2D eigenvalue weighted by Crippen LogP contribution is -2.12. The fourth-order valence-electron chi connectivity index (χ4n) is 3.33. The van der Waals surface area contributed by atoms with Crippen molar-refractivity contribution in [1.29, 1.82) is 0 Å². The maximum Gasteiger partial charge on any atom is 0.320 e. The predicted molar refractivity (Wildman–Crippen MR) is 111 cm³/mol. The first-order valence-corrected chi connectivity index (χ1v) is 9.77. The molecule has 0 bridgehead atoms. The summed E-state index contributed by atoms with van der Waals surface area (Å²) >= 11 is 1.13. The van der Waals surface area contributed by atoms with Crippen LogP contribution in [-0.4, -0.2) is 20.4 Å². The van der Waals surface area contributed by atoms with Gasteiger partial charge in [-0.2, -0.15) is 8.78 Å². The quantitative estimate of drug-likeness (QED) is 0.465. The first-order valence-electron chi connectivity index (χ1n) is 8.96. The fourth-order valence-corrected chi connectivity index (χ4v) is 4.28. The lowest BCUT2D eigenvalue weighted by molar-refractivity contribution is 0.0764. The molecule has 29 heavy (non-hydrogen) atoms. The van der Waals surface area contributed by atoms with Gasteiger partial charge in [-0.15, -0.1) is 0 Å². The van der Waals surface area contributed by atoms with Crippen molar-refractivity contribution in [2.45, 2.75) is 27.3 Å². The summed E-state index contributed by atoms with van der Waals surface area (Å²) in [6, 6.07) is 12.3. The number of hydrogen-bond acceptors (Lipinski definition) is 4. The van der Waals surface area contributed by atoms with E-state index >= 15 is 0 Å². The van der Waals surface area contributed by atoms with Crippen LogP contribution in [0.5, 0.6) is 0 Å². The molecule has 0 aliphatic rings. The van der Waals surface area contributed by atoms with Crippen molar-refractivity contribution in [1.82, 2.24) is 14.5 Å². The minimum absolute atomic E-state index is 0.142. The van der Waals surface area contributed by atoms with E-state index in [-0.39, 0.29) is 11.7 Å². The van der Waals surface area contributed by atoms with Gasteiger partial charge in [0.2, 0.25) is 0 Å². The summed E-state index contributed by atoms with van der Waals surface area (Å²) in [6.07, 6.45) is 0. The maximum atomic E-state index is 13.8. The summed E-state index contributed by atoms with van der Waals surface area (Å²) in [5.41, 5.74) is 3.86. The fraction of sp³-hybridized carbons (Fsp3) is 0.190. The molecule has 8 heteroatoms. The molecule has 0 fully saturated rings. The van der Waals surface area contributed by atoms with E-state index in [4.69, 9.17) is 0 Å². The number of benzene rings is 2. The molecule has 4 rings (SSSR count). The zero-order valence-corrected chi connectivity index (χ0v) is 16.8. The number of aromatic nitrogens is 3. The number of carbonyl (C=O) groups excluding carboxylic acids is 1. The Kier molecular flexibility index (Phi) is 4.87.